The highest BCUT2D eigenvalue weighted by Crippen LogP contribution is 2.28. The average molecular weight is 317 g/mol. The van der Waals surface area contributed by atoms with Gasteiger partial charge >= 0.3 is 0 Å². The molecule has 5 N–H and O–H groups in total. The fraction of sp³-hybridized carbons (Fsp3) is 0. The smallest absolute Gasteiger partial charge is 0.238 e. The number of nitrogen functional groups attached to an aromatic ring is 1. The first-order valence-corrected chi connectivity index (χ1v) is 7.07. The van der Waals surface area contributed by atoms with E-state index in [9.17, 15) is 21.6 Å². The minimum atomic E-state index is -3.93. The van der Waals surface area contributed by atoms with E-state index in [0.717, 1.165) is 12.1 Å². The highest BCUT2D eigenvalue weighted by molar-refractivity contribution is 7.89. The van der Waals surface area contributed by atoms with E-state index < -0.39 is 27.5 Å². The van der Waals surface area contributed by atoms with Gasteiger partial charge in [0.1, 0.15) is 5.82 Å². The largest absolute Gasteiger partial charge is 0.397 e. The van der Waals surface area contributed by atoms with Crippen LogP contribution in [0.3, 0.4) is 0 Å². The van der Waals surface area contributed by atoms with E-state index in [1.165, 1.54) is 6.07 Å². The Bertz CT molecular complexity index is 810. The number of anilines is 3. The van der Waals surface area contributed by atoms with Gasteiger partial charge in [-0.15, -0.1) is 0 Å². The van der Waals surface area contributed by atoms with Crippen molar-refractivity contribution in [3.05, 3.63) is 47.8 Å². The van der Waals surface area contributed by atoms with E-state index in [2.05, 4.69) is 5.32 Å². The number of halogens is 3. The standard InChI is InChI=1S/C12H10F3N3O2S/c13-7-4-9(15)12(5-8(7)14)18-11-2-1-6(3-10(11)16)21(17,19)20/h1-5,18H,16H2,(H2,17,19,20). The van der Waals surface area contributed by atoms with Gasteiger partial charge in [0, 0.05) is 12.1 Å². The van der Waals surface area contributed by atoms with Gasteiger partial charge in [0.15, 0.2) is 11.6 Å². The Balaban J connectivity index is 2.39. The summed E-state index contributed by atoms with van der Waals surface area (Å²) in [6.07, 6.45) is 0. The van der Waals surface area contributed by atoms with Crippen LogP contribution in [0, 0.1) is 17.5 Å². The molecule has 0 aliphatic carbocycles. The number of hydrogen-bond acceptors (Lipinski definition) is 4. The molecule has 2 aromatic carbocycles. The van der Waals surface area contributed by atoms with Crippen molar-refractivity contribution in [3.8, 4) is 0 Å². The Morgan fingerprint density at radius 1 is 0.905 bits per heavy atom. The van der Waals surface area contributed by atoms with Gasteiger partial charge in [-0.3, -0.25) is 0 Å². The molecule has 0 spiro atoms. The molecule has 0 bridgehead atoms. The molecule has 2 rings (SSSR count). The molecule has 21 heavy (non-hydrogen) atoms. The zero-order valence-electron chi connectivity index (χ0n) is 10.4. The third-order valence-corrected chi connectivity index (χ3v) is 3.54. The van der Waals surface area contributed by atoms with Crippen LogP contribution in [-0.2, 0) is 10.0 Å². The van der Waals surface area contributed by atoms with E-state index in [1.54, 1.807) is 0 Å². The molecule has 0 amide bonds. The van der Waals surface area contributed by atoms with Crippen LogP contribution in [0.5, 0.6) is 0 Å². The van der Waals surface area contributed by atoms with Crippen LogP contribution in [0.1, 0.15) is 0 Å². The van der Waals surface area contributed by atoms with Gasteiger partial charge in [-0.1, -0.05) is 0 Å². The lowest BCUT2D eigenvalue weighted by Gasteiger charge is -2.11. The van der Waals surface area contributed by atoms with Crippen molar-refractivity contribution in [1.29, 1.82) is 0 Å². The molecular weight excluding hydrogens is 307 g/mol. The summed E-state index contributed by atoms with van der Waals surface area (Å²) in [5.41, 5.74) is 5.34. The Morgan fingerprint density at radius 3 is 2.10 bits per heavy atom. The molecular formula is C12H10F3N3O2S. The summed E-state index contributed by atoms with van der Waals surface area (Å²) in [6.45, 7) is 0. The summed E-state index contributed by atoms with van der Waals surface area (Å²) in [6, 6.07) is 4.45. The van der Waals surface area contributed by atoms with Crippen molar-refractivity contribution in [2.24, 2.45) is 5.14 Å². The lowest BCUT2D eigenvalue weighted by molar-refractivity contribution is 0.496. The second-order valence-corrected chi connectivity index (χ2v) is 5.73. The van der Waals surface area contributed by atoms with E-state index in [0.29, 0.717) is 12.1 Å². The van der Waals surface area contributed by atoms with Crippen molar-refractivity contribution in [2.75, 3.05) is 11.1 Å². The Labute approximate surface area is 118 Å². The van der Waals surface area contributed by atoms with Crippen LogP contribution in [0.25, 0.3) is 0 Å². The number of nitrogens with one attached hydrogen (secondary N) is 1. The summed E-state index contributed by atoms with van der Waals surface area (Å²) >= 11 is 0. The highest BCUT2D eigenvalue weighted by atomic mass is 32.2. The van der Waals surface area contributed by atoms with Crippen molar-refractivity contribution in [1.82, 2.24) is 0 Å². The zero-order chi connectivity index (χ0) is 15.8. The van der Waals surface area contributed by atoms with Crippen molar-refractivity contribution in [3.63, 3.8) is 0 Å². The maximum absolute atomic E-state index is 13.5. The quantitative estimate of drug-likeness (QED) is 0.596. The normalized spacial score (nSPS) is 11.4. The minimum Gasteiger partial charge on any atom is -0.397 e. The lowest BCUT2D eigenvalue weighted by Crippen LogP contribution is -2.12. The molecule has 0 saturated heterocycles. The molecule has 0 aromatic heterocycles. The van der Waals surface area contributed by atoms with Crippen LogP contribution >= 0.6 is 0 Å². The first kappa shape index (κ1) is 15.1. The van der Waals surface area contributed by atoms with Gasteiger partial charge in [0.25, 0.3) is 0 Å². The maximum Gasteiger partial charge on any atom is 0.238 e. The minimum absolute atomic E-state index is 0.0503. The summed E-state index contributed by atoms with van der Waals surface area (Å²) in [5, 5.41) is 7.38. The molecule has 0 atom stereocenters. The molecule has 5 nitrogen and oxygen atoms in total. The van der Waals surface area contributed by atoms with Gasteiger partial charge in [-0.2, -0.15) is 0 Å². The molecule has 0 heterocycles. The van der Waals surface area contributed by atoms with Gasteiger partial charge in [-0.25, -0.2) is 26.7 Å². The number of rotatable bonds is 3. The molecule has 9 heteroatoms. The molecule has 0 unspecified atom stereocenters. The van der Waals surface area contributed by atoms with Gasteiger partial charge in [0.05, 0.1) is 22.0 Å². The second kappa shape index (κ2) is 5.26. The predicted molar refractivity (Wildman–Crippen MR) is 71.8 cm³/mol. The van der Waals surface area contributed by atoms with E-state index in [-0.39, 0.29) is 22.0 Å². The summed E-state index contributed by atoms with van der Waals surface area (Å²) in [5.74, 6) is -3.59. The van der Waals surface area contributed by atoms with Crippen LogP contribution in [0.4, 0.5) is 30.2 Å². The fourth-order valence-electron chi connectivity index (χ4n) is 1.60. The van der Waals surface area contributed by atoms with E-state index in [4.69, 9.17) is 10.9 Å². The molecule has 112 valence electrons. The monoisotopic (exact) mass is 317 g/mol. The summed E-state index contributed by atoms with van der Waals surface area (Å²) < 4.78 is 61.7. The van der Waals surface area contributed by atoms with E-state index in [1.807, 2.05) is 0 Å². The number of hydrogen-bond donors (Lipinski definition) is 3. The Kier molecular flexibility index (Phi) is 3.79. The van der Waals surface area contributed by atoms with Gasteiger partial charge in [0.2, 0.25) is 10.0 Å². The number of benzene rings is 2. The fourth-order valence-corrected chi connectivity index (χ4v) is 2.14. The molecule has 0 aliphatic heterocycles. The number of sulfonamides is 1. The molecule has 0 aliphatic rings. The maximum atomic E-state index is 13.5. The third kappa shape index (κ3) is 3.26. The van der Waals surface area contributed by atoms with Crippen LogP contribution < -0.4 is 16.2 Å². The van der Waals surface area contributed by atoms with Crippen molar-refractivity contribution < 1.29 is 21.6 Å². The number of nitrogens with two attached hydrogens (primary N) is 2. The first-order chi connectivity index (χ1) is 9.68. The predicted octanol–water partition coefficient (Wildman–Crippen LogP) is 2.08. The molecule has 0 saturated carbocycles. The van der Waals surface area contributed by atoms with E-state index >= 15 is 0 Å². The molecule has 0 radical (unpaired) electrons. The topological polar surface area (TPSA) is 98.2 Å². The molecule has 0 fully saturated rings. The average Bonchev–Trinajstić information content (AvgIpc) is 2.36. The number of primary sulfonamides is 1. The Hall–Kier alpha value is -2.26. The Morgan fingerprint density at radius 2 is 1.52 bits per heavy atom. The van der Waals surface area contributed by atoms with Crippen LogP contribution in [0.15, 0.2) is 35.2 Å². The van der Waals surface area contributed by atoms with Gasteiger partial charge in [-0.05, 0) is 18.2 Å². The highest BCUT2D eigenvalue weighted by Gasteiger charge is 2.13. The van der Waals surface area contributed by atoms with Crippen molar-refractivity contribution in [2.45, 2.75) is 4.90 Å². The first-order valence-electron chi connectivity index (χ1n) is 5.52. The third-order valence-electron chi connectivity index (χ3n) is 2.63. The van der Waals surface area contributed by atoms with Crippen molar-refractivity contribution >= 4 is 27.1 Å². The summed E-state index contributed by atoms with van der Waals surface area (Å²) in [4.78, 5) is -0.226. The lowest BCUT2D eigenvalue weighted by atomic mass is 10.2. The second-order valence-electron chi connectivity index (χ2n) is 4.17. The van der Waals surface area contributed by atoms with Crippen LogP contribution in [-0.4, -0.2) is 8.42 Å². The van der Waals surface area contributed by atoms with Gasteiger partial charge < -0.3 is 11.1 Å². The van der Waals surface area contributed by atoms with Crippen LogP contribution in [0.2, 0.25) is 0 Å². The SMILES string of the molecule is Nc1cc(S(N)(=O)=O)ccc1Nc1cc(F)c(F)cc1F. The zero-order valence-corrected chi connectivity index (χ0v) is 11.2. The molecule has 2 aromatic rings. The summed E-state index contributed by atoms with van der Waals surface area (Å²) in [7, 11) is -3.93.